The topological polar surface area (TPSA) is 20.3 Å². The first kappa shape index (κ1) is 13.8. The molecule has 1 rings (SSSR count). The number of nitrogens with zero attached hydrogens (tertiary/aromatic N) is 1. The molecule has 0 aliphatic carbocycles. The SMILES string of the molecule is Cc1cccc(CCN(C)C(=O)C(C)(C)C)c1. The van der Waals surface area contributed by atoms with Crippen molar-refractivity contribution in [2.24, 2.45) is 5.41 Å². The van der Waals surface area contributed by atoms with Gasteiger partial charge >= 0.3 is 0 Å². The molecule has 0 spiro atoms. The lowest BCUT2D eigenvalue weighted by Crippen LogP contribution is -2.37. The first-order chi connectivity index (χ1) is 7.80. The van der Waals surface area contributed by atoms with Crippen LogP contribution in [-0.4, -0.2) is 24.4 Å². The monoisotopic (exact) mass is 233 g/mol. The minimum absolute atomic E-state index is 0.199. The average molecular weight is 233 g/mol. The van der Waals surface area contributed by atoms with Gasteiger partial charge in [-0.05, 0) is 18.9 Å². The maximum Gasteiger partial charge on any atom is 0.227 e. The number of benzene rings is 1. The second-order valence-electron chi connectivity index (χ2n) is 5.72. The number of hydrogen-bond acceptors (Lipinski definition) is 1. The third kappa shape index (κ3) is 4.22. The van der Waals surface area contributed by atoms with Gasteiger partial charge in [0, 0.05) is 19.0 Å². The van der Waals surface area contributed by atoms with Crippen molar-refractivity contribution in [3.8, 4) is 0 Å². The summed E-state index contributed by atoms with van der Waals surface area (Å²) >= 11 is 0. The Labute approximate surface area is 105 Å². The molecular weight excluding hydrogens is 210 g/mol. The van der Waals surface area contributed by atoms with Crippen molar-refractivity contribution in [3.63, 3.8) is 0 Å². The van der Waals surface area contributed by atoms with Crippen LogP contribution in [0.15, 0.2) is 24.3 Å². The molecule has 1 amide bonds. The van der Waals surface area contributed by atoms with Gasteiger partial charge in [0.25, 0.3) is 0 Å². The maximum atomic E-state index is 12.0. The van der Waals surface area contributed by atoms with Gasteiger partial charge in [-0.2, -0.15) is 0 Å². The Morgan fingerprint density at radius 3 is 2.47 bits per heavy atom. The second-order valence-corrected chi connectivity index (χ2v) is 5.72. The van der Waals surface area contributed by atoms with E-state index >= 15 is 0 Å². The molecule has 0 unspecified atom stereocenters. The summed E-state index contributed by atoms with van der Waals surface area (Å²) in [5, 5.41) is 0. The molecule has 94 valence electrons. The standard InChI is InChI=1S/C15H23NO/c1-12-7-6-8-13(11-12)9-10-16(5)14(17)15(2,3)4/h6-8,11H,9-10H2,1-5H3. The van der Waals surface area contributed by atoms with Crippen molar-refractivity contribution in [3.05, 3.63) is 35.4 Å². The molecule has 1 aromatic carbocycles. The van der Waals surface area contributed by atoms with Crippen LogP contribution in [0.2, 0.25) is 0 Å². The largest absolute Gasteiger partial charge is 0.345 e. The molecule has 17 heavy (non-hydrogen) atoms. The van der Waals surface area contributed by atoms with Crippen LogP contribution in [0.1, 0.15) is 31.9 Å². The normalized spacial score (nSPS) is 11.4. The van der Waals surface area contributed by atoms with E-state index in [1.165, 1.54) is 11.1 Å². The predicted octanol–water partition coefficient (Wildman–Crippen LogP) is 3.04. The summed E-state index contributed by atoms with van der Waals surface area (Å²) in [6.07, 6.45) is 0.917. The van der Waals surface area contributed by atoms with Gasteiger partial charge in [-0.25, -0.2) is 0 Å². The first-order valence-corrected chi connectivity index (χ1v) is 6.12. The van der Waals surface area contributed by atoms with Crippen LogP contribution in [0.5, 0.6) is 0 Å². The molecule has 0 fully saturated rings. The van der Waals surface area contributed by atoms with E-state index in [9.17, 15) is 4.79 Å². The number of carbonyl (C=O) groups is 1. The molecule has 0 saturated carbocycles. The van der Waals surface area contributed by atoms with Gasteiger partial charge in [-0.15, -0.1) is 0 Å². The van der Waals surface area contributed by atoms with Crippen LogP contribution in [0.4, 0.5) is 0 Å². The zero-order chi connectivity index (χ0) is 13.1. The van der Waals surface area contributed by atoms with Crippen molar-refractivity contribution in [1.29, 1.82) is 0 Å². The molecular formula is C15H23NO. The summed E-state index contributed by atoms with van der Waals surface area (Å²) in [6.45, 7) is 8.74. The van der Waals surface area contributed by atoms with Gasteiger partial charge < -0.3 is 4.90 Å². The predicted molar refractivity (Wildman–Crippen MR) is 72.0 cm³/mol. The van der Waals surface area contributed by atoms with Crippen molar-refractivity contribution < 1.29 is 4.79 Å². The number of aryl methyl sites for hydroxylation is 1. The van der Waals surface area contributed by atoms with Crippen LogP contribution < -0.4 is 0 Å². The Morgan fingerprint density at radius 1 is 1.29 bits per heavy atom. The highest BCUT2D eigenvalue weighted by atomic mass is 16.2. The zero-order valence-electron chi connectivity index (χ0n) is 11.6. The van der Waals surface area contributed by atoms with Gasteiger partial charge in [0.15, 0.2) is 0 Å². The van der Waals surface area contributed by atoms with Gasteiger partial charge in [0.2, 0.25) is 5.91 Å². The van der Waals surface area contributed by atoms with E-state index in [1.54, 1.807) is 0 Å². The highest BCUT2D eigenvalue weighted by Gasteiger charge is 2.24. The number of amides is 1. The van der Waals surface area contributed by atoms with Gasteiger partial charge in [0.05, 0.1) is 0 Å². The molecule has 0 bridgehead atoms. The molecule has 0 aliphatic rings. The van der Waals surface area contributed by atoms with Gasteiger partial charge in [-0.3, -0.25) is 4.79 Å². The van der Waals surface area contributed by atoms with E-state index in [1.807, 2.05) is 32.7 Å². The lowest BCUT2D eigenvalue weighted by molar-refractivity contribution is -0.138. The van der Waals surface area contributed by atoms with E-state index < -0.39 is 0 Å². The smallest absolute Gasteiger partial charge is 0.227 e. The molecule has 0 aromatic heterocycles. The van der Waals surface area contributed by atoms with E-state index in [-0.39, 0.29) is 11.3 Å². The lowest BCUT2D eigenvalue weighted by atomic mass is 9.95. The molecule has 0 saturated heterocycles. The lowest BCUT2D eigenvalue weighted by Gasteiger charge is -2.26. The average Bonchev–Trinajstić information content (AvgIpc) is 2.23. The minimum Gasteiger partial charge on any atom is -0.345 e. The fourth-order valence-electron chi connectivity index (χ4n) is 1.84. The summed E-state index contributed by atoms with van der Waals surface area (Å²) in [6, 6.07) is 8.45. The number of hydrogen-bond donors (Lipinski definition) is 0. The van der Waals surface area contributed by atoms with Crippen molar-refractivity contribution >= 4 is 5.91 Å². The molecule has 2 heteroatoms. The molecule has 0 N–H and O–H groups in total. The Hall–Kier alpha value is -1.31. The molecule has 0 aliphatic heterocycles. The molecule has 0 radical (unpaired) electrons. The van der Waals surface area contributed by atoms with Crippen LogP contribution in [0.25, 0.3) is 0 Å². The van der Waals surface area contributed by atoms with Crippen LogP contribution in [0.3, 0.4) is 0 Å². The third-order valence-electron chi connectivity index (χ3n) is 2.81. The Balaban J connectivity index is 2.54. The van der Waals surface area contributed by atoms with E-state index in [4.69, 9.17) is 0 Å². The number of likely N-dealkylation sites (N-methyl/N-ethyl adjacent to an activating group) is 1. The van der Waals surface area contributed by atoms with Crippen molar-refractivity contribution in [2.75, 3.05) is 13.6 Å². The van der Waals surface area contributed by atoms with E-state index in [2.05, 4.69) is 31.2 Å². The third-order valence-corrected chi connectivity index (χ3v) is 2.81. The van der Waals surface area contributed by atoms with Crippen molar-refractivity contribution in [2.45, 2.75) is 34.1 Å². The summed E-state index contributed by atoms with van der Waals surface area (Å²) in [7, 11) is 1.88. The fourth-order valence-corrected chi connectivity index (χ4v) is 1.84. The zero-order valence-corrected chi connectivity index (χ0v) is 11.6. The molecule has 1 aromatic rings. The minimum atomic E-state index is -0.290. The number of carbonyl (C=O) groups excluding carboxylic acids is 1. The number of rotatable bonds is 3. The van der Waals surface area contributed by atoms with Crippen LogP contribution >= 0.6 is 0 Å². The second kappa shape index (κ2) is 5.35. The molecule has 0 atom stereocenters. The quantitative estimate of drug-likeness (QED) is 0.786. The van der Waals surface area contributed by atoms with Gasteiger partial charge in [0.1, 0.15) is 0 Å². The summed E-state index contributed by atoms with van der Waals surface area (Å²) in [5.41, 5.74) is 2.27. The maximum absolute atomic E-state index is 12.0. The van der Waals surface area contributed by atoms with E-state index in [0.717, 1.165) is 13.0 Å². The Morgan fingerprint density at radius 2 is 1.94 bits per heavy atom. The summed E-state index contributed by atoms with van der Waals surface area (Å²) in [5.74, 6) is 0.199. The highest BCUT2D eigenvalue weighted by molar-refractivity contribution is 5.81. The summed E-state index contributed by atoms with van der Waals surface area (Å²) in [4.78, 5) is 13.8. The highest BCUT2D eigenvalue weighted by Crippen LogP contribution is 2.16. The van der Waals surface area contributed by atoms with Crippen molar-refractivity contribution in [1.82, 2.24) is 4.90 Å². The first-order valence-electron chi connectivity index (χ1n) is 6.12. The fraction of sp³-hybridized carbons (Fsp3) is 0.533. The summed E-state index contributed by atoms with van der Waals surface area (Å²) < 4.78 is 0. The van der Waals surface area contributed by atoms with Crippen LogP contribution in [-0.2, 0) is 11.2 Å². The van der Waals surface area contributed by atoms with Gasteiger partial charge in [-0.1, -0.05) is 50.6 Å². The molecule has 2 nitrogen and oxygen atoms in total. The van der Waals surface area contributed by atoms with Crippen LogP contribution in [0, 0.1) is 12.3 Å². The van der Waals surface area contributed by atoms with E-state index in [0.29, 0.717) is 0 Å². The Bertz CT molecular complexity index is 390. The molecule has 0 heterocycles. The Kier molecular flexibility index (Phi) is 4.33.